The van der Waals surface area contributed by atoms with E-state index in [0.717, 1.165) is 38.5 Å². The van der Waals surface area contributed by atoms with Gasteiger partial charge in [0.05, 0.1) is 17.9 Å². The highest BCUT2D eigenvalue weighted by atomic mass is 32.2. The van der Waals surface area contributed by atoms with Crippen molar-refractivity contribution in [2.45, 2.75) is 187 Å². The fraction of sp³-hybridized carbons (Fsp3) is 0.857. The monoisotopic (exact) mass is 613 g/mol. The quantitative estimate of drug-likeness (QED) is 0.0410. The van der Waals surface area contributed by atoms with Crippen LogP contribution >= 0.6 is 0 Å². The SMILES string of the molecule is CCCCCCCCCCCC/C=C/CC/C=C/C(O)C(CS(=O)(=O)O)NC(=O)CCCCCCCCCCCCC. The highest BCUT2D eigenvalue weighted by Crippen LogP contribution is 2.13. The van der Waals surface area contributed by atoms with Crippen LogP contribution in [0.2, 0.25) is 0 Å². The molecular formula is C35H67NO5S. The number of nitrogens with one attached hydrogen (secondary N) is 1. The molecule has 3 N–H and O–H groups in total. The summed E-state index contributed by atoms with van der Waals surface area (Å²) in [6.45, 7) is 4.49. The highest BCUT2D eigenvalue weighted by Gasteiger charge is 2.24. The fourth-order valence-corrected chi connectivity index (χ4v) is 5.96. The maximum absolute atomic E-state index is 12.4. The first-order valence-electron chi connectivity index (χ1n) is 17.5. The summed E-state index contributed by atoms with van der Waals surface area (Å²) in [7, 11) is -4.34. The van der Waals surface area contributed by atoms with E-state index in [9.17, 15) is 22.9 Å². The van der Waals surface area contributed by atoms with E-state index in [4.69, 9.17) is 0 Å². The number of unbranched alkanes of at least 4 members (excludes halogenated alkanes) is 21. The van der Waals surface area contributed by atoms with Crippen molar-refractivity contribution in [2.75, 3.05) is 5.75 Å². The summed E-state index contributed by atoms with van der Waals surface area (Å²) in [5, 5.41) is 13.1. The maximum atomic E-state index is 12.4. The van der Waals surface area contributed by atoms with Crippen LogP contribution in [0.3, 0.4) is 0 Å². The van der Waals surface area contributed by atoms with Crippen LogP contribution in [0, 0.1) is 0 Å². The minimum Gasteiger partial charge on any atom is -0.387 e. The van der Waals surface area contributed by atoms with Gasteiger partial charge >= 0.3 is 0 Å². The maximum Gasteiger partial charge on any atom is 0.267 e. The molecule has 0 saturated heterocycles. The number of carbonyl (C=O) groups excluding carboxylic acids is 1. The van der Waals surface area contributed by atoms with E-state index in [1.54, 1.807) is 0 Å². The summed E-state index contributed by atoms with van der Waals surface area (Å²) < 4.78 is 32.3. The lowest BCUT2D eigenvalue weighted by Gasteiger charge is -2.21. The van der Waals surface area contributed by atoms with Crippen LogP contribution in [-0.4, -0.2) is 41.9 Å². The molecule has 0 aliphatic heterocycles. The molecule has 0 aromatic heterocycles. The van der Waals surface area contributed by atoms with Crippen molar-refractivity contribution >= 4 is 16.0 Å². The van der Waals surface area contributed by atoms with Gasteiger partial charge in [0, 0.05) is 6.42 Å². The summed E-state index contributed by atoms with van der Waals surface area (Å²) in [5.41, 5.74) is 0. The van der Waals surface area contributed by atoms with Gasteiger partial charge in [-0.3, -0.25) is 9.35 Å². The van der Waals surface area contributed by atoms with Crippen molar-refractivity contribution in [3.8, 4) is 0 Å². The summed E-state index contributed by atoms with van der Waals surface area (Å²) in [5.74, 6) is -0.997. The van der Waals surface area contributed by atoms with Gasteiger partial charge < -0.3 is 10.4 Å². The molecule has 248 valence electrons. The number of hydrogen-bond acceptors (Lipinski definition) is 4. The van der Waals surface area contributed by atoms with Crippen LogP contribution in [0.5, 0.6) is 0 Å². The molecule has 0 aromatic carbocycles. The Hall–Kier alpha value is -1.18. The third-order valence-corrected chi connectivity index (χ3v) is 8.66. The molecule has 0 rings (SSSR count). The summed E-state index contributed by atoms with van der Waals surface area (Å²) in [4.78, 5) is 12.4. The molecule has 0 saturated carbocycles. The Morgan fingerprint density at radius 3 is 1.50 bits per heavy atom. The average molecular weight is 614 g/mol. The zero-order chi connectivity index (χ0) is 31.2. The van der Waals surface area contributed by atoms with Crippen molar-refractivity contribution in [1.82, 2.24) is 5.32 Å². The second kappa shape index (κ2) is 29.9. The van der Waals surface area contributed by atoms with Crippen LogP contribution in [0.25, 0.3) is 0 Å². The van der Waals surface area contributed by atoms with Crippen LogP contribution in [0.1, 0.15) is 174 Å². The first kappa shape index (κ1) is 40.8. The average Bonchev–Trinajstić information content (AvgIpc) is 2.94. The molecule has 7 heteroatoms. The first-order chi connectivity index (χ1) is 20.3. The molecular weight excluding hydrogens is 546 g/mol. The number of carbonyl (C=O) groups is 1. The molecule has 1 amide bonds. The van der Waals surface area contributed by atoms with Crippen molar-refractivity contribution in [3.05, 3.63) is 24.3 Å². The fourth-order valence-electron chi connectivity index (χ4n) is 5.23. The molecule has 2 atom stereocenters. The Kier molecular flexibility index (Phi) is 29.0. The summed E-state index contributed by atoms with van der Waals surface area (Å²) in [6.07, 6.45) is 35.9. The van der Waals surface area contributed by atoms with E-state index in [1.807, 2.05) is 6.08 Å². The Morgan fingerprint density at radius 2 is 1.02 bits per heavy atom. The third kappa shape index (κ3) is 30.3. The van der Waals surface area contributed by atoms with Crippen molar-refractivity contribution in [3.63, 3.8) is 0 Å². The molecule has 0 aliphatic carbocycles. The van der Waals surface area contributed by atoms with E-state index >= 15 is 0 Å². The van der Waals surface area contributed by atoms with Crippen molar-refractivity contribution in [2.24, 2.45) is 0 Å². The van der Waals surface area contributed by atoms with Gasteiger partial charge in [-0.2, -0.15) is 8.42 Å². The Bertz CT molecular complexity index is 765. The second-order valence-corrected chi connectivity index (χ2v) is 13.6. The molecule has 42 heavy (non-hydrogen) atoms. The number of allylic oxidation sites excluding steroid dienone is 3. The van der Waals surface area contributed by atoms with Crippen LogP contribution in [0.4, 0.5) is 0 Å². The minimum absolute atomic E-state index is 0.290. The van der Waals surface area contributed by atoms with Gasteiger partial charge in [0.2, 0.25) is 5.91 Å². The van der Waals surface area contributed by atoms with Gasteiger partial charge in [-0.1, -0.05) is 160 Å². The van der Waals surface area contributed by atoms with Gasteiger partial charge in [0.25, 0.3) is 10.1 Å². The number of rotatable bonds is 31. The topological polar surface area (TPSA) is 104 Å². The smallest absolute Gasteiger partial charge is 0.267 e. The van der Waals surface area contributed by atoms with Crippen LogP contribution < -0.4 is 5.32 Å². The van der Waals surface area contributed by atoms with Crippen LogP contribution in [0.15, 0.2) is 24.3 Å². The minimum atomic E-state index is -4.34. The van der Waals surface area contributed by atoms with Gasteiger partial charge in [-0.15, -0.1) is 0 Å². The van der Waals surface area contributed by atoms with Gasteiger partial charge in [-0.25, -0.2) is 0 Å². The van der Waals surface area contributed by atoms with Crippen molar-refractivity contribution in [1.29, 1.82) is 0 Å². The number of aliphatic hydroxyl groups excluding tert-OH is 1. The molecule has 2 unspecified atom stereocenters. The lowest BCUT2D eigenvalue weighted by atomic mass is 10.0. The normalized spacial score (nSPS) is 13.7. The Morgan fingerprint density at radius 1 is 0.619 bits per heavy atom. The summed E-state index contributed by atoms with van der Waals surface area (Å²) >= 11 is 0. The first-order valence-corrected chi connectivity index (χ1v) is 19.1. The Labute approximate surface area is 260 Å². The lowest BCUT2D eigenvalue weighted by molar-refractivity contribution is -0.122. The van der Waals surface area contributed by atoms with Crippen LogP contribution in [-0.2, 0) is 14.9 Å². The van der Waals surface area contributed by atoms with Gasteiger partial charge in [0.1, 0.15) is 0 Å². The van der Waals surface area contributed by atoms with E-state index in [-0.39, 0.29) is 5.91 Å². The molecule has 0 aliphatic rings. The Balaban J connectivity index is 4.06. The number of aliphatic hydroxyl groups is 1. The van der Waals surface area contributed by atoms with Gasteiger partial charge in [-0.05, 0) is 32.1 Å². The van der Waals surface area contributed by atoms with E-state index < -0.39 is 28.0 Å². The van der Waals surface area contributed by atoms with Crippen molar-refractivity contribution < 1.29 is 22.9 Å². The second-order valence-electron chi connectivity index (χ2n) is 12.1. The molecule has 0 radical (unpaired) electrons. The third-order valence-electron chi connectivity index (χ3n) is 7.88. The molecule has 0 spiro atoms. The predicted octanol–water partition coefficient (Wildman–Crippen LogP) is 9.62. The van der Waals surface area contributed by atoms with Gasteiger partial charge in [0.15, 0.2) is 0 Å². The van der Waals surface area contributed by atoms with E-state index in [1.165, 1.54) is 122 Å². The van der Waals surface area contributed by atoms with E-state index in [2.05, 4.69) is 31.3 Å². The predicted molar refractivity (Wildman–Crippen MR) is 179 cm³/mol. The summed E-state index contributed by atoms with van der Waals surface area (Å²) in [6, 6.07) is -1.07. The lowest BCUT2D eigenvalue weighted by Crippen LogP contribution is -2.46. The molecule has 0 fully saturated rings. The number of hydrogen-bond donors (Lipinski definition) is 3. The highest BCUT2D eigenvalue weighted by molar-refractivity contribution is 7.85. The molecule has 0 aromatic rings. The molecule has 0 bridgehead atoms. The largest absolute Gasteiger partial charge is 0.387 e. The zero-order valence-electron chi connectivity index (χ0n) is 27.4. The molecule has 0 heterocycles. The molecule has 6 nitrogen and oxygen atoms in total. The standard InChI is InChI=1S/C35H67NO5S/c1-3-5-7-9-11-13-15-16-17-18-19-21-22-24-26-28-30-34(37)33(32-42(39,40)41)36-35(38)31-29-27-25-23-20-14-12-10-8-6-4-2/h21-22,28,30,33-34,37H,3-20,23-27,29,31-32H2,1-2H3,(H,36,38)(H,39,40,41)/b22-21+,30-28+. The van der Waals surface area contributed by atoms with E-state index in [0.29, 0.717) is 6.42 Å². The number of amides is 1. The zero-order valence-corrected chi connectivity index (χ0v) is 28.2.